The number of hydrogen-bond acceptors (Lipinski definition) is 4. The Kier molecular flexibility index (Phi) is 6.56. The van der Waals surface area contributed by atoms with Crippen LogP contribution >= 0.6 is 0 Å². The molecule has 2 amide bonds. The highest BCUT2D eigenvalue weighted by atomic mass is 16.3. The maximum Gasteiger partial charge on any atom is 0.224 e. The lowest BCUT2D eigenvalue weighted by Crippen LogP contribution is -2.35. The molecular weight excluding hydrogens is 318 g/mol. The maximum absolute atomic E-state index is 12.0. The third-order valence-corrected chi connectivity index (χ3v) is 4.16. The topological polar surface area (TPSA) is 90.5 Å². The van der Waals surface area contributed by atoms with E-state index in [0.29, 0.717) is 19.5 Å². The first-order valence-corrected chi connectivity index (χ1v) is 8.77. The van der Waals surface area contributed by atoms with E-state index in [0.717, 1.165) is 17.8 Å². The van der Waals surface area contributed by atoms with E-state index in [1.807, 2.05) is 45.0 Å². The van der Waals surface area contributed by atoms with E-state index in [1.54, 1.807) is 0 Å². The molecule has 0 radical (unpaired) electrons. The number of aliphatic hydroxyl groups is 1. The van der Waals surface area contributed by atoms with Gasteiger partial charge in [0.2, 0.25) is 11.8 Å². The van der Waals surface area contributed by atoms with Gasteiger partial charge >= 0.3 is 0 Å². The van der Waals surface area contributed by atoms with Crippen LogP contribution in [0.25, 0.3) is 0 Å². The molecule has 0 saturated carbocycles. The highest BCUT2D eigenvalue weighted by Gasteiger charge is 2.24. The fourth-order valence-corrected chi connectivity index (χ4v) is 2.81. The Morgan fingerprint density at radius 3 is 2.40 bits per heavy atom. The minimum absolute atomic E-state index is 0.0123. The van der Waals surface area contributed by atoms with E-state index < -0.39 is 6.10 Å². The molecule has 2 unspecified atom stereocenters. The van der Waals surface area contributed by atoms with Crippen molar-refractivity contribution < 1.29 is 14.7 Å². The number of aliphatic hydroxyl groups excluding tert-OH is 1. The molecule has 6 nitrogen and oxygen atoms in total. The minimum atomic E-state index is -0.392. The van der Waals surface area contributed by atoms with E-state index in [1.165, 1.54) is 0 Å². The molecule has 0 bridgehead atoms. The van der Waals surface area contributed by atoms with Crippen LogP contribution < -0.4 is 16.0 Å². The zero-order valence-corrected chi connectivity index (χ0v) is 15.3. The number of hydrogen-bond donors (Lipinski definition) is 4. The molecule has 0 spiro atoms. The molecule has 138 valence electrons. The van der Waals surface area contributed by atoms with E-state index >= 15 is 0 Å². The number of amides is 2. The quantitative estimate of drug-likeness (QED) is 0.624. The molecule has 2 rings (SSSR count). The van der Waals surface area contributed by atoms with Gasteiger partial charge in [-0.3, -0.25) is 9.59 Å². The summed E-state index contributed by atoms with van der Waals surface area (Å²) in [5.41, 5.74) is 1.57. The van der Waals surface area contributed by atoms with Crippen molar-refractivity contribution in [2.24, 2.45) is 11.3 Å². The minimum Gasteiger partial charge on any atom is -0.391 e. The van der Waals surface area contributed by atoms with Crippen LogP contribution in [-0.2, 0) is 16.0 Å². The number of nitrogens with one attached hydrogen (secondary N) is 3. The summed E-state index contributed by atoms with van der Waals surface area (Å²) in [7, 11) is 0. The molecule has 1 fully saturated rings. The van der Waals surface area contributed by atoms with Crippen molar-refractivity contribution in [3.05, 3.63) is 29.8 Å². The van der Waals surface area contributed by atoms with E-state index in [4.69, 9.17) is 0 Å². The first-order valence-electron chi connectivity index (χ1n) is 8.77. The third kappa shape index (κ3) is 6.84. The monoisotopic (exact) mass is 347 g/mol. The van der Waals surface area contributed by atoms with Gasteiger partial charge in [-0.05, 0) is 23.1 Å². The van der Waals surface area contributed by atoms with Crippen molar-refractivity contribution in [1.82, 2.24) is 10.6 Å². The van der Waals surface area contributed by atoms with Gasteiger partial charge in [0.1, 0.15) is 0 Å². The Labute approximate surface area is 149 Å². The summed E-state index contributed by atoms with van der Waals surface area (Å²) in [5, 5.41) is 18.6. The molecule has 1 aromatic rings. The summed E-state index contributed by atoms with van der Waals surface area (Å²) >= 11 is 0. The molecule has 1 aliphatic rings. The van der Waals surface area contributed by atoms with Crippen molar-refractivity contribution in [3.8, 4) is 0 Å². The summed E-state index contributed by atoms with van der Waals surface area (Å²) in [6, 6.07) is 7.32. The second-order valence-corrected chi connectivity index (χ2v) is 7.95. The Bertz CT molecular complexity index is 593. The number of benzene rings is 1. The second-order valence-electron chi connectivity index (χ2n) is 7.95. The summed E-state index contributed by atoms with van der Waals surface area (Å²) in [5.74, 6) is -0.00491. The van der Waals surface area contributed by atoms with Gasteiger partial charge in [-0.25, -0.2) is 0 Å². The van der Waals surface area contributed by atoms with Crippen molar-refractivity contribution in [1.29, 1.82) is 0 Å². The van der Waals surface area contributed by atoms with Crippen LogP contribution in [0.15, 0.2) is 24.3 Å². The molecule has 0 aliphatic carbocycles. The van der Waals surface area contributed by atoms with Gasteiger partial charge in [0.05, 0.1) is 12.5 Å². The lowest BCUT2D eigenvalue weighted by Gasteiger charge is -2.17. The maximum atomic E-state index is 12.0. The Morgan fingerprint density at radius 1 is 1.16 bits per heavy atom. The van der Waals surface area contributed by atoms with Crippen LogP contribution in [0.1, 0.15) is 32.8 Å². The number of rotatable bonds is 6. The first kappa shape index (κ1) is 19.4. The molecule has 4 N–H and O–H groups in total. The molecule has 6 heteroatoms. The molecular formula is C19H29N3O3. The SMILES string of the molecule is CC(C)(C)CC(=O)Nc1ccc(CC(=O)NCC2CNCC2O)cc1. The highest BCUT2D eigenvalue weighted by Crippen LogP contribution is 2.19. The smallest absolute Gasteiger partial charge is 0.224 e. The van der Waals surface area contributed by atoms with Crippen molar-refractivity contribution in [3.63, 3.8) is 0 Å². The van der Waals surface area contributed by atoms with Gasteiger partial charge in [-0.1, -0.05) is 32.9 Å². The fraction of sp³-hybridized carbons (Fsp3) is 0.579. The van der Waals surface area contributed by atoms with Gasteiger partial charge in [-0.2, -0.15) is 0 Å². The van der Waals surface area contributed by atoms with Crippen molar-refractivity contribution in [2.75, 3.05) is 25.0 Å². The normalized spacial score (nSPS) is 20.3. The zero-order chi connectivity index (χ0) is 18.4. The number of carbonyl (C=O) groups is 2. The molecule has 1 aliphatic heterocycles. The van der Waals surface area contributed by atoms with E-state index in [-0.39, 0.29) is 29.6 Å². The lowest BCUT2D eigenvalue weighted by atomic mass is 9.92. The van der Waals surface area contributed by atoms with E-state index in [2.05, 4.69) is 16.0 Å². The van der Waals surface area contributed by atoms with Crippen molar-refractivity contribution >= 4 is 17.5 Å². The highest BCUT2D eigenvalue weighted by molar-refractivity contribution is 5.91. The van der Waals surface area contributed by atoms with Crippen LogP contribution in [0.2, 0.25) is 0 Å². The predicted octanol–water partition coefficient (Wildman–Crippen LogP) is 1.30. The summed E-state index contributed by atoms with van der Waals surface area (Å²) in [6.07, 6.45) is 0.349. The third-order valence-electron chi connectivity index (χ3n) is 4.16. The molecule has 25 heavy (non-hydrogen) atoms. The average Bonchev–Trinajstić information content (AvgIpc) is 2.90. The van der Waals surface area contributed by atoms with Crippen LogP contribution in [0.4, 0.5) is 5.69 Å². The first-order chi connectivity index (χ1) is 11.7. The number of carbonyl (C=O) groups excluding carboxylic acids is 2. The molecule has 0 aromatic heterocycles. The molecule has 1 aromatic carbocycles. The van der Waals surface area contributed by atoms with Gasteiger partial charge < -0.3 is 21.1 Å². The Hall–Kier alpha value is -1.92. The average molecular weight is 347 g/mol. The molecule has 2 atom stereocenters. The summed E-state index contributed by atoms with van der Waals surface area (Å²) < 4.78 is 0. The van der Waals surface area contributed by atoms with Gasteiger partial charge in [0, 0.05) is 37.7 Å². The van der Waals surface area contributed by atoms with Gasteiger partial charge in [0.25, 0.3) is 0 Å². The predicted molar refractivity (Wildman–Crippen MR) is 98.2 cm³/mol. The van der Waals surface area contributed by atoms with Crippen LogP contribution in [0, 0.1) is 11.3 Å². The number of β-amino-alcohol motifs (C(OH)–C–C–N with tert-alkyl or cyclic N) is 1. The van der Waals surface area contributed by atoms with Gasteiger partial charge in [-0.15, -0.1) is 0 Å². The fourth-order valence-electron chi connectivity index (χ4n) is 2.81. The molecule has 1 saturated heterocycles. The summed E-state index contributed by atoms with van der Waals surface area (Å²) in [4.78, 5) is 23.9. The van der Waals surface area contributed by atoms with Crippen LogP contribution in [0.3, 0.4) is 0 Å². The van der Waals surface area contributed by atoms with Crippen LogP contribution in [-0.4, -0.2) is 42.7 Å². The lowest BCUT2D eigenvalue weighted by molar-refractivity contribution is -0.120. The largest absolute Gasteiger partial charge is 0.391 e. The van der Waals surface area contributed by atoms with E-state index in [9.17, 15) is 14.7 Å². The van der Waals surface area contributed by atoms with Crippen LogP contribution in [0.5, 0.6) is 0 Å². The Balaban J connectivity index is 1.77. The standard InChI is InChI=1S/C19H29N3O3/c1-19(2,3)9-18(25)22-15-6-4-13(5-7-15)8-17(24)21-11-14-10-20-12-16(14)23/h4-7,14,16,20,23H,8-12H2,1-3H3,(H,21,24)(H,22,25). The summed E-state index contributed by atoms with van der Waals surface area (Å²) in [6.45, 7) is 7.86. The zero-order valence-electron chi connectivity index (χ0n) is 15.3. The van der Waals surface area contributed by atoms with Gasteiger partial charge in [0.15, 0.2) is 0 Å². The Morgan fingerprint density at radius 2 is 1.84 bits per heavy atom. The molecule has 1 heterocycles. The second kappa shape index (κ2) is 8.45. The number of anilines is 1. The van der Waals surface area contributed by atoms with Crippen molar-refractivity contribution in [2.45, 2.75) is 39.7 Å².